The SMILES string of the molecule is c1ccc(CCNCCC2CCCN2)nc1. The molecular formula is C13H21N3. The second-order valence-electron chi connectivity index (χ2n) is 4.40. The first-order chi connectivity index (χ1) is 7.95. The number of rotatable bonds is 6. The minimum atomic E-state index is 0.752. The molecule has 3 nitrogen and oxygen atoms in total. The van der Waals surface area contributed by atoms with Crippen molar-refractivity contribution in [1.29, 1.82) is 0 Å². The topological polar surface area (TPSA) is 37.0 Å². The van der Waals surface area contributed by atoms with E-state index in [1.54, 1.807) is 0 Å². The van der Waals surface area contributed by atoms with E-state index in [9.17, 15) is 0 Å². The van der Waals surface area contributed by atoms with E-state index >= 15 is 0 Å². The first kappa shape index (κ1) is 11.6. The Hall–Kier alpha value is -0.930. The summed E-state index contributed by atoms with van der Waals surface area (Å²) < 4.78 is 0. The average Bonchev–Trinajstić information content (AvgIpc) is 2.83. The molecule has 1 aliphatic rings. The highest BCUT2D eigenvalue weighted by Crippen LogP contribution is 2.07. The van der Waals surface area contributed by atoms with Gasteiger partial charge in [0.05, 0.1) is 0 Å². The van der Waals surface area contributed by atoms with Crippen molar-refractivity contribution in [3.63, 3.8) is 0 Å². The van der Waals surface area contributed by atoms with Crippen molar-refractivity contribution in [2.75, 3.05) is 19.6 Å². The summed E-state index contributed by atoms with van der Waals surface area (Å²) in [4.78, 5) is 4.30. The van der Waals surface area contributed by atoms with E-state index < -0.39 is 0 Å². The molecule has 2 heterocycles. The molecule has 2 N–H and O–H groups in total. The van der Waals surface area contributed by atoms with Gasteiger partial charge in [0.2, 0.25) is 0 Å². The van der Waals surface area contributed by atoms with Crippen molar-refractivity contribution in [3.8, 4) is 0 Å². The van der Waals surface area contributed by atoms with Crippen molar-refractivity contribution in [1.82, 2.24) is 15.6 Å². The van der Waals surface area contributed by atoms with Crippen LogP contribution in [0.15, 0.2) is 24.4 Å². The maximum Gasteiger partial charge on any atom is 0.0416 e. The monoisotopic (exact) mass is 219 g/mol. The van der Waals surface area contributed by atoms with Gasteiger partial charge in [0.15, 0.2) is 0 Å². The van der Waals surface area contributed by atoms with E-state index in [1.165, 1.54) is 31.5 Å². The zero-order valence-corrected chi connectivity index (χ0v) is 9.78. The lowest BCUT2D eigenvalue weighted by atomic mass is 10.1. The predicted octanol–water partition coefficient (Wildman–Crippen LogP) is 1.36. The fourth-order valence-electron chi connectivity index (χ4n) is 2.17. The summed E-state index contributed by atoms with van der Waals surface area (Å²) in [5, 5.41) is 6.99. The summed E-state index contributed by atoms with van der Waals surface area (Å²) in [5.41, 5.74) is 1.17. The van der Waals surface area contributed by atoms with Gasteiger partial charge in [-0.05, 0) is 44.5 Å². The van der Waals surface area contributed by atoms with Gasteiger partial charge in [-0.3, -0.25) is 4.98 Å². The first-order valence-corrected chi connectivity index (χ1v) is 6.29. The third kappa shape index (κ3) is 3.91. The van der Waals surface area contributed by atoms with E-state index in [1.807, 2.05) is 18.3 Å². The van der Waals surface area contributed by atoms with Crippen LogP contribution in [0.4, 0.5) is 0 Å². The molecule has 0 bridgehead atoms. The molecule has 1 saturated heterocycles. The molecule has 1 aromatic rings. The molecule has 2 rings (SSSR count). The van der Waals surface area contributed by atoms with Gasteiger partial charge >= 0.3 is 0 Å². The molecular weight excluding hydrogens is 198 g/mol. The van der Waals surface area contributed by atoms with Gasteiger partial charge in [-0.25, -0.2) is 0 Å². The smallest absolute Gasteiger partial charge is 0.0416 e. The van der Waals surface area contributed by atoms with Crippen molar-refractivity contribution < 1.29 is 0 Å². The Morgan fingerprint density at radius 2 is 2.38 bits per heavy atom. The average molecular weight is 219 g/mol. The number of nitrogens with zero attached hydrogens (tertiary/aromatic N) is 1. The Labute approximate surface area is 97.7 Å². The Morgan fingerprint density at radius 1 is 1.38 bits per heavy atom. The van der Waals surface area contributed by atoms with E-state index in [4.69, 9.17) is 0 Å². The Kier molecular flexibility index (Phi) is 4.77. The number of pyridine rings is 1. The lowest BCUT2D eigenvalue weighted by Crippen LogP contribution is -2.28. The molecule has 0 aliphatic carbocycles. The summed E-state index contributed by atoms with van der Waals surface area (Å²) in [5.74, 6) is 0. The van der Waals surface area contributed by atoms with Crippen LogP contribution in [0.1, 0.15) is 25.0 Å². The minimum Gasteiger partial charge on any atom is -0.316 e. The van der Waals surface area contributed by atoms with Crippen LogP contribution in [-0.2, 0) is 6.42 Å². The Bertz CT molecular complexity index is 280. The lowest BCUT2D eigenvalue weighted by molar-refractivity contribution is 0.524. The minimum absolute atomic E-state index is 0.752. The summed E-state index contributed by atoms with van der Waals surface area (Å²) in [6, 6.07) is 6.84. The van der Waals surface area contributed by atoms with Gasteiger partial charge in [-0.15, -0.1) is 0 Å². The van der Waals surface area contributed by atoms with Crippen LogP contribution in [-0.4, -0.2) is 30.7 Å². The third-order valence-electron chi connectivity index (χ3n) is 3.12. The van der Waals surface area contributed by atoms with Gasteiger partial charge in [0.25, 0.3) is 0 Å². The fourth-order valence-corrected chi connectivity index (χ4v) is 2.17. The van der Waals surface area contributed by atoms with Gasteiger partial charge in [0.1, 0.15) is 0 Å². The van der Waals surface area contributed by atoms with Gasteiger partial charge in [0, 0.05) is 30.9 Å². The standard InChI is InChI=1S/C13H21N3/c1-2-8-15-12(4-1)6-10-14-11-7-13-5-3-9-16-13/h1-2,4,8,13-14,16H,3,5-7,9-11H2. The van der Waals surface area contributed by atoms with E-state index in [2.05, 4.69) is 21.7 Å². The molecule has 1 aliphatic heterocycles. The summed E-state index contributed by atoms with van der Waals surface area (Å²) in [6.45, 7) is 3.35. The first-order valence-electron chi connectivity index (χ1n) is 6.29. The predicted molar refractivity (Wildman–Crippen MR) is 66.5 cm³/mol. The Balaban J connectivity index is 1.52. The summed E-state index contributed by atoms with van der Waals surface area (Å²) in [7, 11) is 0. The molecule has 1 aromatic heterocycles. The number of hydrogen-bond acceptors (Lipinski definition) is 3. The number of nitrogens with one attached hydrogen (secondary N) is 2. The van der Waals surface area contributed by atoms with Crippen LogP contribution in [0.5, 0.6) is 0 Å². The van der Waals surface area contributed by atoms with E-state index in [0.29, 0.717) is 0 Å². The summed E-state index contributed by atoms with van der Waals surface area (Å²) in [6.07, 6.45) is 6.83. The van der Waals surface area contributed by atoms with Crippen molar-refractivity contribution in [2.24, 2.45) is 0 Å². The van der Waals surface area contributed by atoms with Crippen LogP contribution < -0.4 is 10.6 Å². The third-order valence-corrected chi connectivity index (χ3v) is 3.12. The molecule has 0 amide bonds. The molecule has 0 saturated carbocycles. The van der Waals surface area contributed by atoms with Crippen molar-refractivity contribution in [3.05, 3.63) is 30.1 Å². The molecule has 1 unspecified atom stereocenters. The molecule has 0 aromatic carbocycles. The molecule has 16 heavy (non-hydrogen) atoms. The number of hydrogen-bond donors (Lipinski definition) is 2. The lowest BCUT2D eigenvalue weighted by Gasteiger charge is -2.10. The number of aromatic nitrogens is 1. The zero-order chi connectivity index (χ0) is 11.1. The largest absolute Gasteiger partial charge is 0.316 e. The quantitative estimate of drug-likeness (QED) is 0.709. The molecule has 3 heteroatoms. The second kappa shape index (κ2) is 6.61. The van der Waals surface area contributed by atoms with E-state index in [-0.39, 0.29) is 0 Å². The second-order valence-corrected chi connectivity index (χ2v) is 4.40. The van der Waals surface area contributed by atoms with Gasteiger partial charge in [-0.2, -0.15) is 0 Å². The van der Waals surface area contributed by atoms with Gasteiger partial charge < -0.3 is 10.6 Å². The Morgan fingerprint density at radius 3 is 3.12 bits per heavy atom. The van der Waals surface area contributed by atoms with Crippen molar-refractivity contribution in [2.45, 2.75) is 31.7 Å². The normalized spacial score (nSPS) is 20.1. The van der Waals surface area contributed by atoms with Crippen molar-refractivity contribution >= 4 is 0 Å². The van der Waals surface area contributed by atoms with Gasteiger partial charge in [-0.1, -0.05) is 6.07 Å². The van der Waals surface area contributed by atoms with Crippen LogP contribution >= 0.6 is 0 Å². The highest BCUT2D eigenvalue weighted by molar-refractivity contribution is 5.03. The molecule has 0 spiro atoms. The maximum atomic E-state index is 4.30. The maximum absolute atomic E-state index is 4.30. The van der Waals surface area contributed by atoms with E-state index in [0.717, 1.165) is 25.6 Å². The van der Waals surface area contributed by atoms with Crippen LogP contribution in [0.2, 0.25) is 0 Å². The molecule has 1 atom stereocenters. The highest BCUT2D eigenvalue weighted by Gasteiger charge is 2.12. The molecule has 1 fully saturated rings. The van der Waals surface area contributed by atoms with Crippen LogP contribution in [0.25, 0.3) is 0 Å². The highest BCUT2D eigenvalue weighted by atomic mass is 14.9. The summed E-state index contributed by atoms with van der Waals surface area (Å²) >= 11 is 0. The van der Waals surface area contributed by atoms with Crippen LogP contribution in [0, 0.1) is 0 Å². The fraction of sp³-hybridized carbons (Fsp3) is 0.615. The molecule has 0 radical (unpaired) electrons. The zero-order valence-electron chi connectivity index (χ0n) is 9.78. The molecule has 88 valence electrons. The van der Waals surface area contributed by atoms with Crippen LogP contribution in [0.3, 0.4) is 0 Å².